The first-order valence-electron chi connectivity index (χ1n) is 7.72. The van der Waals surface area contributed by atoms with Crippen molar-refractivity contribution in [2.75, 3.05) is 4.90 Å². The van der Waals surface area contributed by atoms with Crippen molar-refractivity contribution in [3.63, 3.8) is 0 Å². The average Bonchev–Trinajstić information content (AvgIpc) is 2.64. The molecular weight excluding hydrogens is 298 g/mol. The number of hydrogen-bond acceptors (Lipinski definition) is 2. The van der Waals surface area contributed by atoms with Gasteiger partial charge in [-0.2, -0.15) is 0 Å². The van der Waals surface area contributed by atoms with Crippen LogP contribution in [0.2, 0.25) is 0 Å². The lowest BCUT2D eigenvalue weighted by Gasteiger charge is -2.21. The third-order valence-corrected chi connectivity index (χ3v) is 3.74. The van der Waals surface area contributed by atoms with Gasteiger partial charge in [0.15, 0.2) is 0 Å². The summed E-state index contributed by atoms with van der Waals surface area (Å²) in [6.07, 6.45) is 0. The van der Waals surface area contributed by atoms with Crippen LogP contribution >= 0.6 is 0 Å². The minimum atomic E-state index is -0.340. The van der Waals surface area contributed by atoms with Crippen molar-refractivity contribution in [1.82, 2.24) is 0 Å². The summed E-state index contributed by atoms with van der Waals surface area (Å²) in [6.45, 7) is 1.96. The van der Waals surface area contributed by atoms with Gasteiger partial charge in [-0.25, -0.2) is 4.90 Å². The van der Waals surface area contributed by atoms with Crippen molar-refractivity contribution < 1.29 is 9.59 Å². The topological polar surface area (TPSA) is 37.4 Å². The summed E-state index contributed by atoms with van der Waals surface area (Å²) in [6, 6.07) is 25.0. The summed E-state index contributed by atoms with van der Waals surface area (Å²) in [5.41, 5.74) is 2.57. The Kier molecular flexibility index (Phi) is 4.52. The Hall–Kier alpha value is -3.20. The zero-order chi connectivity index (χ0) is 16.9. The Morgan fingerprint density at radius 2 is 1.08 bits per heavy atom. The molecule has 0 N–H and O–H groups in total. The highest BCUT2D eigenvalue weighted by molar-refractivity contribution is 6.25. The van der Waals surface area contributed by atoms with Crippen LogP contribution in [0.3, 0.4) is 0 Å². The van der Waals surface area contributed by atoms with E-state index >= 15 is 0 Å². The molecule has 0 aliphatic rings. The van der Waals surface area contributed by atoms with Crippen LogP contribution in [0.15, 0.2) is 84.9 Å². The monoisotopic (exact) mass is 315 g/mol. The van der Waals surface area contributed by atoms with Crippen molar-refractivity contribution in [1.29, 1.82) is 0 Å². The summed E-state index contributed by atoms with van der Waals surface area (Å²) < 4.78 is 0. The summed E-state index contributed by atoms with van der Waals surface area (Å²) in [5.74, 6) is -0.678. The van der Waals surface area contributed by atoms with Crippen LogP contribution in [-0.2, 0) is 0 Å². The van der Waals surface area contributed by atoms with Gasteiger partial charge in [0.1, 0.15) is 0 Å². The Balaban J connectivity index is 2.04. The molecule has 2 amide bonds. The molecule has 3 rings (SSSR count). The molecule has 0 aliphatic heterocycles. The quantitative estimate of drug-likeness (QED) is 0.668. The van der Waals surface area contributed by atoms with E-state index in [1.165, 1.54) is 4.90 Å². The molecule has 3 aromatic carbocycles. The van der Waals surface area contributed by atoms with E-state index in [4.69, 9.17) is 0 Å². The normalized spacial score (nSPS) is 10.2. The minimum absolute atomic E-state index is 0.338. The number of aryl methyl sites for hydroxylation is 1. The zero-order valence-electron chi connectivity index (χ0n) is 13.3. The van der Waals surface area contributed by atoms with E-state index in [-0.39, 0.29) is 11.8 Å². The molecule has 0 spiro atoms. The number of benzene rings is 3. The van der Waals surface area contributed by atoms with Gasteiger partial charge in [0, 0.05) is 11.1 Å². The van der Waals surface area contributed by atoms with Crippen LogP contribution in [0.1, 0.15) is 26.3 Å². The van der Waals surface area contributed by atoms with Crippen LogP contribution < -0.4 is 4.90 Å². The lowest BCUT2D eigenvalue weighted by Crippen LogP contribution is -2.37. The third-order valence-electron chi connectivity index (χ3n) is 3.74. The Morgan fingerprint density at radius 1 is 0.625 bits per heavy atom. The van der Waals surface area contributed by atoms with Crippen LogP contribution in [0, 0.1) is 6.92 Å². The van der Waals surface area contributed by atoms with E-state index in [0.717, 1.165) is 5.56 Å². The van der Waals surface area contributed by atoms with Crippen molar-refractivity contribution in [3.8, 4) is 0 Å². The maximum atomic E-state index is 13.0. The molecule has 3 heteroatoms. The fraction of sp³-hybridized carbons (Fsp3) is 0.0476. The fourth-order valence-corrected chi connectivity index (χ4v) is 2.44. The highest BCUT2D eigenvalue weighted by Crippen LogP contribution is 2.20. The Morgan fingerprint density at radius 3 is 1.62 bits per heavy atom. The summed E-state index contributed by atoms with van der Waals surface area (Å²) in [4.78, 5) is 27.1. The minimum Gasteiger partial charge on any atom is -0.268 e. The number of hydrogen-bond donors (Lipinski definition) is 0. The second kappa shape index (κ2) is 6.92. The van der Waals surface area contributed by atoms with Gasteiger partial charge in [-0.05, 0) is 43.3 Å². The van der Waals surface area contributed by atoms with E-state index in [1.54, 1.807) is 48.5 Å². The van der Waals surface area contributed by atoms with E-state index < -0.39 is 0 Å². The van der Waals surface area contributed by atoms with Gasteiger partial charge in [0.2, 0.25) is 0 Å². The molecule has 0 atom stereocenters. The molecule has 0 bridgehead atoms. The van der Waals surface area contributed by atoms with E-state index in [9.17, 15) is 9.59 Å². The Bertz CT molecular complexity index is 840. The molecule has 0 heterocycles. The lowest BCUT2D eigenvalue weighted by molar-refractivity contribution is 0.0897. The number of amides is 2. The number of nitrogens with zero attached hydrogens (tertiary/aromatic N) is 1. The standard InChI is InChI=1S/C21H17NO2/c1-16-12-14-18(15-13-16)21(24)22(19-10-6-3-7-11-19)20(23)17-8-4-2-5-9-17/h2-15H,1H3. The van der Waals surface area contributed by atoms with Gasteiger partial charge >= 0.3 is 0 Å². The van der Waals surface area contributed by atoms with E-state index in [0.29, 0.717) is 16.8 Å². The molecule has 118 valence electrons. The summed E-state index contributed by atoms with van der Waals surface area (Å²) >= 11 is 0. The van der Waals surface area contributed by atoms with Crippen molar-refractivity contribution in [3.05, 3.63) is 102 Å². The van der Waals surface area contributed by atoms with E-state index in [2.05, 4.69) is 0 Å². The zero-order valence-corrected chi connectivity index (χ0v) is 13.3. The molecule has 0 aliphatic carbocycles. The van der Waals surface area contributed by atoms with Crippen LogP contribution in [0.25, 0.3) is 0 Å². The second-order valence-electron chi connectivity index (χ2n) is 5.51. The largest absolute Gasteiger partial charge is 0.268 e. The molecule has 0 unspecified atom stereocenters. The molecular formula is C21H17NO2. The molecule has 0 saturated carbocycles. The maximum absolute atomic E-state index is 13.0. The van der Waals surface area contributed by atoms with Gasteiger partial charge in [-0.3, -0.25) is 9.59 Å². The number of imide groups is 1. The maximum Gasteiger partial charge on any atom is 0.265 e. The predicted octanol–water partition coefficient (Wildman–Crippen LogP) is 4.48. The number of anilines is 1. The summed E-state index contributed by atoms with van der Waals surface area (Å²) in [7, 11) is 0. The van der Waals surface area contributed by atoms with Crippen molar-refractivity contribution in [2.45, 2.75) is 6.92 Å². The first-order chi connectivity index (χ1) is 11.7. The summed E-state index contributed by atoms with van der Waals surface area (Å²) in [5, 5.41) is 0. The number of para-hydroxylation sites is 1. The van der Waals surface area contributed by atoms with Gasteiger partial charge in [0.25, 0.3) is 11.8 Å². The molecule has 24 heavy (non-hydrogen) atoms. The average molecular weight is 315 g/mol. The van der Waals surface area contributed by atoms with Crippen molar-refractivity contribution in [2.24, 2.45) is 0 Å². The van der Waals surface area contributed by atoms with Crippen LogP contribution in [0.4, 0.5) is 5.69 Å². The highest BCUT2D eigenvalue weighted by Gasteiger charge is 2.25. The SMILES string of the molecule is Cc1ccc(C(=O)N(C(=O)c2ccccc2)c2ccccc2)cc1. The molecule has 3 aromatic rings. The first kappa shape index (κ1) is 15.7. The highest BCUT2D eigenvalue weighted by atomic mass is 16.2. The van der Waals surface area contributed by atoms with Crippen LogP contribution in [0.5, 0.6) is 0 Å². The van der Waals surface area contributed by atoms with E-state index in [1.807, 2.05) is 43.3 Å². The van der Waals surface area contributed by atoms with Gasteiger partial charge < -0.3 is 0 Å². The molecule has 0 aromatic heterocycles. The van der Waals surface area contributed by atoms with Gasteiger partial charge in [-0.15, -0.1) is 0 Å². The van der Waals surface area contributed by atoms with Gasteiger partial charge in [0.05, 0.1) is 5.69 Å². The lowest BCUT2D eigenvalue weighted by atomic mass is 10.1. The number of rotatable bonds is 3. The first-order valence-corrected chi connectivity index (χ1v) is 7.72. The second-order valence-corrected chi connectivity index (χ2v) is 5.51. The van der Waals surface area contributed by atoms with Crippen LogP contribution in [-0.4, -0.2) is 11.8 Å². The Labute approximate surface area is 141 Å². The number of carbonyl (C=O) groups is 2. The molecule has 0 saturated heterocycles. The molecule has 0 fully saturated rings. The van der Waals surface area contributed by atoms with Crippen molar-refractivity contribution >= 4 is 17.5 Å². The van der Waals surface area contributed by atoms with Gasteiger partial charge in [-0.1, -0.05) is 54.1 Å². The third kappa shape index (κ3) is 3.25. The fourth-order valence-electron chi connectivity index (χ4n) is 2.44. The number of carbonyl (C=O) groups excluding carboxylic acids is 2. The molecule has 0 radical (unpaired) electrons. The predicted molar refractivity (Wildman–Crippen MR) is 95.2 cm³/mol. The smallest absolute Gasteiger partial charge is 0.265 e. The molecule has 3 nitrogen and oxygen atoms in total.